The minimum absolute atomic E-state index is 0.0261. The lowest BCUT2D eigenvalue weighted by Gasteiger charge is -2.14. The standard InChI is InChI=1S/C20H21NO3/c1-13(21-2)19(22)11-20(23)24-12-18-16-9-5-3-7-14(16)15-8-4-6-10-17(15)18/h3-10,13,18,21H,11-12H2,1-2H3/t13-/m0/s1. The number of nitrogens with one attached hydrogen (secondary N) is 1. The van der Waals surface area contributed by atoms with Crippen LogP contribution in [0.15, 0.2) is 48.5 Å². The Kier molecular flexibility index (Phi) is 4.76. The van der Waals surface area contributed by atoms with E-state index in [1.165, 1.54) is 22.3 Å². The number of rotatable bonds is 6. The van der Waals surface area contributed by atoms with Gasteiger partial charge in [0.25, 0.3) is 0 Å². The summed E-state index contributed by atoms with van der Waals surface area (Å²) in [5.41, 5.74) is 4.71. The van der Waals surface area contributed by atoms with Crippen LogP contribution in [-0.4, -0.2) is 31.4 Å². The first kappa shape index (κ1) is 16.4. The molecule has 0 bridgehead atoms. The molecule has 4 nitrogen and oxygen atoms in total. The van der Waals surface area contributed by atoms with Gasteiger partial charge in [-0.3, -0.25) is 9.59 Å². The Hall–Kier alpha value is -2.46. The zero-order chi connectivity index (χ0) is 17.1. The van der Waals surface area contributed by atoms with Gasteiger partial charge in [-0.1, -0.05) is 48.5 Å². The van der Waals surface area contributed by atoms with E-state index in [-0.39, 0.29) is 30.8 Å². The molecule has 0 saturated carbocycles. The molecule has 0 spiro atoms. The van der Waals surface area contributed by atoms with Gasteiger partial charge < -0.3 is 10.1 Å². The van der Waals surface area contributed by atoms with Gasteiger partial charge in [0.2, 0.25) is 0 Å². The number of hydrogen-bond acceptors (Lipinski definition) is 4. The molecule has 1 atom stereocenters. The van der Waals surface area contributed by atoms with Gasteiger partial charge in [-0.25, -0.2) is 0 Å². The second kappa shape index (κ2) is 6.97. The largest absolute Gasteiger partial charge is 0.464 e. The lowest BCUT2D eigenvalue weighted by Crippen LogP contribution is -2.32. The Morgan fingerprint density at radius 1 is 1.04 bits per heavy atom. The van der Waals surface area contributed by atoms with E-state index >= 15 is 0 Å². The number of hydrogen-bond donors (Lipinski definition) is 1. The first-order chi connectivity index (χ1) is 11.6. The number of esters is 1. The number of likely N-dealkylation sites (N-methyl/N-ethyl adjacent to an activating group) is 1. The summed E-state index contributed by atoms with van der Waals surface area (Å²) in [4.78, 5) is 23.8. The van der Waals surface area contributed by atoms with Gasteiger partial charge in [-0.2, -0.15) is 0 Å². The fourth-order valence-electron chi connectivity index (χ4n) is 3.12. The zero-order valence-corrected chi connectivity index (χ0v) is 13.9. The van der Waals surface area contributed by atoms with Crippen molar-refractivity contribution >= 4 is 11.8 Å². The van der Waals surface area contributed by atoms with Gasteiger partial charge >= 0.3 is 5.97 Å². The summed E-state index contributed by atoms with van der Waals surface area (Å²) in [5.74, 6) is -0.600. The Balaban J connectivity index is 1.72. The van der Waals surface area contributed by atoms with E-state index in [1.54, 1.807) is 14.0 Å². The predicted molar refractivity (Wildman–Crippen MR) is 92.8 cm³/mol. The van der Waals surface area contributed by atoms with E-state index in [9.17, 15) is 9.59 Å². The molecule has 0 fully saturated rings. The van der Waals surface area contributed by atoms with Gasteiger partial charge in [0.15, 0.2) is 5.78 Å². The number of ketones is 1. The lowest BCUT2D eigenvalue weighted by molar-refractivity contribution is -0.146. The summed E-state index contributed by atoms with van der Waals surface area (Å²) in [5, 5.41) is 2.84. The molecular formula is C20H21NO3. The quantitative estimate of drug-likeness (QED) is 0.656. The molecule has 4 heteroatoms. The molecule has 1 aliphatic carbocycles. The van der Waals surface area contributed by atoms with Crippen LogP contribution in [0.2, 0.25) is 0 Å². The third-order valence-corrected chi connectivity index (χ3v) is 4.61. The molecular weight excluding hydrogens is 302 g/mol. The summed E-state index contributed by atoms with van der Waals surface area (Å²) < 4.78 is 5.42. The lowest BCUT2D eigenvalue weighted by atomic mass is 9.98. The van der Waals surface area contributed by atoms with Crippen molar-refractivity contribution in [3.63, 3.8) is 0 Å². The zero-order valence-electron chi connectivity index (χ0n) is 13.9. The maximum absolute atomic E-state index is 12.0. The first-order valence-electron chi connectivity index (χ1n) is 8.15. The minimum atomic E-state index is -0.469. The number of benzene rings is 2. The van der Waals surface area contributed by atoms with E-state index in [0.29, 0.717) is 0 Å². The van der Waals surface area contributed by atoms with Crippen LogP contribution in [0.5, 0.6) is 0 Å². The SMILES string of the molecule is CN[C@@H](C)C(=O)CC(=O)OCC1c2ccccc2-c2ccccc21. The molecule has 0 saturated heterocycles. The van der Waals surface area contributed by atoms with Crippen LogP contribution >= 0.6 is 0 Å². The number of ether oxygens (including phenoxy) is 1. The smallest absolute Gasteiger partial charge is 0.313 e. The second-order valence-electron chi connectivity index (χ2n) is 6.06. The maximum atomic E-state index is 12.0. The molecule has 0 aromatic heterocycles. The van der Waals surface area contributed by atoms with E-state index in [4.69, 9.17) is 4.74 Å². The number of carbonyl (C=O) groups excluding carboxylic acids is 2. The van der Waals surface area contributed by atoms with Gasteiger partial charge in [0.1, 0.15) is 13.0 Å². The normalized spacial score (nSPS) is 13.9. The van der Waals surface area contributed by atoms with Crippen molar-refractivity contribution < 1.29 is 14.3 Å². The third-order valence-electron chi connectivity index (χ3n) is 4.61. The number of carbonyl (C=O) groups is 2. The van der Waals surface area contributed by atoms with Crippen molar-refractivity contribution in [1.29, 1.82) is 0 Å². The predicted octanol–water partition coefficient (Wildman–Crippen LogP) is 2.91. The molecule has 0 radical (unpaired) electrons. The summed E-state index contributed by atoms with van der Waals surface area (Å²) >= 11 is 0. The van der Waals surface area contributed by atoms with Crippen molar-refractivity contribution in [2.75, 3.05) is 13.7 Å². The molecule has 3 rings (SSSR count). The van der Waals surface area contributed by atoms with Crippen LogP contribution in [0, 0.1) is 0 Å². The molecule has 24 heavy (non-hydrogen) atoms. The minimum Gasteiger partial charge on any atom is -0.464 e. The number of fused-ring (bicyclic) bond motifs is 3. The Morgan fingerprint density at radius 2 is 1.58 bits per heavy atom. The van der Waals surface area contributed by atoms with Gasteiger partial charge in [-0.15, -0.1) is 0 Å². The maximum Gasteiger partial charge on any atom is 0.313 e. The highest BCUT2D eigenvalue weighted by Crippen LogP contribution is 2.44. The van der Waals surface area contributed by atoms with E-state index in [0.717, 1.165) is 0 Å². The molecule has 2 aromatic rings. The monoisotopic (exact) mass is 323 g/mol. The molecule has 0 aliphatic heterocycles. The van der Waals surface area contributed by atoms with Crippen LogP contribution in [0.4, 0.5) is 0 Å². The Morgan fingerprint density at radius 3 is 2.12 bits per heavy atom. The molecule has 2 aromatic carbocycles. The highest BCUT2D eigenvalue weighted by atomic mass is 16.5. The summed E-state index contributed by atoms with van der Waals surface area (Å²) in [6, 6.07) is 16.0. The van der Waals surface area contributed by atoms with Crippen molar-refractivity contribution in [3.05, 3.63) is 59.7 Å². The van der Waals surface area contributed by atoms with Crippen molar-refractivity contribution in [3.8, 4) is 11.1 Å². The van der Waals surface area contributed by atoms with Crippen LogP contribution < -0.4 is 5.32 Å². The fourth-order valence-corrected chi connectivity index (χ4v) is 3.12. The first-order valence-corrected chi connectivity index (χ1v) is 8.15. The van der Waals surface area contributed by atoms with Crippen LogP contribution in [0.3, 0.4) is 0 Å². The van der Waals surface area contributed by atoms with Crippen molar-refractivity contribution in [1.82, 2.24) is 5.32 Å². The topological polar surface area (TPSA) is 55.4 Å². The van der Waals surface area contributed by atoms with Crippen LogP contribution in [0.1, 0.15) is 30.4 Å². The average Bonchev–Trinajstić information content (AvgIpc) is 2.93. The third kappa shape index (κ3) is 3.10. The molecule has 0 amide bonds. The van der Waals surface area contributed by atoms with Gasteiger partial charge in [-0.05, 0) is 36.2 Å². The van der Waals surface area contributed by atoms with Crippen LogP contribution in [-0.2, 0) is 14.3 Å². The van der Waals surface area contributed by atoms with E-state index in [1.807, 2.05) is 24.3 Å². The molecule has 1 aliphatic rings. The molecule has 0 heterocycles. The molecule has 124 valence electrons. The van der Waals surface area contributed by atoms with E-state index < -0.39 is 5.97 Å². The highest BCUT2D eigenvalue weighted by Gasteiger charge is 2.29. The number of Topliss-reactive ketones (excluding diaryl/α,β-unsaturated/α-hetero) is 1. The Bertz CT molecular complexity index is 723. The van der Waals surface area contributed by atoms with Gasteiger partial charge in [0, 0.05) is 5.92 Å². The summed E-state index contributed by atoms with van der Waals surface area (Å²) in [6.45, 7) is 1.99. The summed E-state index contributed by atoms with van der Waals surface area (Å²) in [7, 11) is 1.69. The molecule has 0 unspecified atom stereocenters. The van der Waals surface area contributed by atoms with Crippen LogP contribution in [0.25, 0.3) is 11.1 Å². The van der Waals surface area contributed by atoms with E-state index in [2.05, 4.69) is 29.6 Å². The van der Waals surface area contributed by atoms with Crippen molar-refractivity contribution in [2.45, 2.75) is 25.3 Å². The Labute approximate surface area is 141 Å². The second-order valence-corrected chi connectivity index (χ2v) is 6.06. The highest BCUT2D eigenvalue weighted by molar-refractivity contribution is 5.98. The average molecular weight is 323 g/mol. The fraction of sp³-hybridized carbons (Fsp3) is 0.300. The van der Waals surface area contributed by atoms with Gasteiger partial charge in [0.05, 0.1) is 6.04 Å². The van der Waals surface area contributed by atoms with Crippen molar-refractivity contribution in [2.24, 2.45) is 0 Å². The molecule has 1 N–H and O–H groups in total. The summed E-state index contributed by atoms with van der Waals surface area (Å²) in [6.07, 6.45) is -0.196.